The molecule has 0 spiro atoms. The summed E-state index contributed by atoms with van der Waals surface area (Å²) in [6.07, 6.45) is 5.03. The Morgan fingerprint density at radius 3 is 2.59 bits per heavy atom. The Morgan fingerprint density at radius 2 is 1.82 bits per heavy atom. The maximum atomic E-state index is 13.9. The smallest absolute Gasteiger partial charge is 0.264 e. The van der Waals surface area contributed by atoms with E-state index in [1.807, 2.05) is 61.5 Å². The molecule has 1 amide bonds. The molecule has 1 aliphatic heterocycles. The van der Waals surface area contributed by atoms with Crippen molar-refractivity contribution in [2.75, 3.05) is 15.7 Å². The number of amides is 1. The molecule has 1 aliphatic rings. The number of rotatable bonds is 6. The van der Waals surface area contributed by atoms with Gasteiger partial charge in [0.25, 0.3) is 15.9 Å². The van der Waals surface area contributed by atoms with Gasteiger partial charge in [0.05, 0.1) is 27.3 Å². The number of sulfonamides is 1. The number of aryl methyl sites for hydroxylation is 2. The summed E-state index contributed by atoms with van der Waals surface area (Å²) in [5, 5.41) is 0.578. The molecule has 0 bridgehead atoms. The fourth-order valence-electron chi connectivity index (χ4n) is 4.89. The molecule has 0 radical (unpaired) electrons. The zero-order valence-electron chi connectivity index (χ0n) is 21.3. The van der Waals surface area contributed by atoms with E-state index in [1.54, 1.807) is 29.4 Å². The normalized spacial score (nSPS) is 13.3. The Morgan fingerprint density at radius 1 is 1.00 bits per heavy atom. The topological polar surface area (TPSA) is 83.5 Å². The van der Waals surface area contributed by atoms with Gasteiger partial charge in [-0.25, -0.2) is 13.4 Å². The number of hydrogen-bond acceptors (Lipinski definition) is 6. The lowest BCUT2D eigenvalue weighted by molar-refractivity contribution is 0.0985. The lowest BCUT2D eigenvalue weighted by Gasteiger charge is -2.30. The number of pyridine rings is 1. The van der Waals surface area contributed by atoms with Crippen LogP contribution < -0.4 is 9.21 Å². The van der Waals surface area contributed by atoms with Crippen LogP contribution in [-0.2, 0) is 23.0 Å². The maximum absolute atomic E-state index is 13.9. The third-order valence-electron chi connectivity index (χ3n) is 6.91. The van der Waals surface area contributed by atoms with E-state index >= 15 is 0 Å². The maximum Gasteiger partial charge on any atom is 0.264 e. The molecule has 3 heterocycles. The van der Waals surface area contributed by atoms with E-state index in [9.17, 15) is 13.2 Å². The minimum absolute atomic E-state index is 0.158. The number of fused-ring (bicyclic) bond motifs is 2. The molecule has 0 N–H and O–H groups in total. The number of carbonyl (C=O) groups excluding carboxylic acids is 1. The zero-order valence-corrected chi connectivity index (χ0v) is 23.0. The van der Waals surface area contributed by atoms with Crippen LogP contribution in [0.15, 0.2) is 96.2 Å². The molecule has 6 rings (SSSR count). The third kappa shape index (κ3) is 4.79. The number of thiazole rings is 1. The van der Waals surface area contributed by atoms with Gasteiger partial charge in [0.2, 0.25) is 0 Å². The molecule has 5 aromatic rings. The van der Waals surface area contributed by atoms with E-state index in [1.165, 1.54) is 27.8 Å². The van der Waals surface area contributed by atoms with Gasteiger partial charge >= 0.3 is 0 Å². The minimum atomic E-state index is -3.77. The molecule has 0 saturated carbocycles. The average Bonchev–Trinajstić information content (AvgIpc) is 3.41. The molecule has 0 aliphatic carbocycles. The molecule has 9 heteroatoms. The van der Waals surface area contributed by atoms with Crippen LogP contribution in [0.25, 0.3) is 10.2 Å². The summed E-state index contributed by atoms with van der Waals surface area (Å²) >= 11 is 1.45. The fraction of sp³-hybridized carbons (Fsp3) is 0.167. The number of carbonyl (C=O) groups is 1. The van der Waals surface area contributed by atoms with Crippen molar-refractivity contribution in [2.45, 2.75) is 31.2 Å². The molecule has 0 unspecified atom stereocenters. The number of aromatic nitrogens is 2. The van der Waals surface area contributed by atoms with Gasteiger partial charge in [0.15, 0.2) is 5.13 Å². The van der Waals surface area contributed by atoms with Gasteiger partial charge < -0.3 is 0 Å². The van der Waals surface area contributed by atoms with E-state index in [-0.39, 0.29) is 17.3 Å². The summed E-state index contributed by atoms with van der Waals surface area (Å²) in [4.78, 5) is 24.6. The number of benzene rings is 3. The van der Waals surface area contributed by atoms with Crippen molar-refractivity contribution in [2.24, 2.45) is 0 Å². The lowest BCUT2D eigenvalue weighted by atomic mass is 10.0. The number of anilines is 2. The Labute approximate surface area is 231 Å². The molecule has 2 aromatic heterocycles. The Balaban J connectivity index is 1.33. The molecule has 0 saturated heterocycles. The number of hydrogen-bond donors (Lipinski definition) is 0. The van der Waals surface area contributed by atoms with Gasteiger partial charge in [-0.05, 0) is 78.9 Å². The van der Waals surface area contributed by atoms with Crippen LogP contribution in [0.2, 0.25) is 0 Å². The van der Waals surface area contributed by atoms with Gasteiger partial charge in [-0.3, -0.25) is 19.0 Å². The summed E-state index contributed by atoms with van der Waals surface area (Å²) in [5.74, 6) is -0.261. The quantitative estimate of drug-likeness (QED) is 0.258. The van der Waals surface area contributed by atoms with Gasteiger partial charge in [0, 0.05) is 24.5 Å². The Hall–Kier alpha value is -4.08. The summed E-state index contributed by atoms with van der Waals surface area (Å²) in [7, 11) is -3.77. The predicted octanol–water partition coefficient (Wildman–Crippen LogP) is 5.99. The number of nitrogens with zero attached hydrogens (tertiary/aromatic N) is 4. The molecular weight excluding hydrogens is 528 g/mol. The van der Waals surface area contributed by atoms with Gasteiger partial charge in [-0.2, -0.15) is 0 Å². The summed E-state index contributed by atoms with van der Waals surface area (Å²) in [5.41, 5.74) is 4.90. The van der Waals surface area contributed by atoms with Crippen molar-refractivity contribution in [3.63, 3.8) is 0 Å². The molecule has 3 aromatic carbocycles. The van der Waals surface area contributed by atoms with Gasteiger partial charge in [-0.15, -0.1) is 0 Å². The van der Waals surface area contributed by atoms with Crippen molar-refractivity contribution in [3.05, 3.63) is 114 Å². The zero-order chi connectivity index (χ0) is 27.0. The van der Waals surface area contributed by atoms with Crippen molar-refractivity contribution >= 4 is 48.3 Å². The van der Waals surface area contributed by atoms with Crippen LogP contribution in [0, 0.1) is 6.92 Å². The molecule has 0 atom stereocenters. The van der Waals surface area contributed by atoms with E-state index < -0.39 is 10.0 Å². The Kier molecular flexibility index (Phi) is 6.62. The second-order valence-corrected chi connectivity index (χ2v) is 12.4. The monoisotopic (exact) mass is 554 g/mol. The predicted molar refractivity (Wildman–Crippen MR) is 155 cm³/mol. The highest BCUT2D eigenvalue weighted by molar-refractivity contribution is 7.92. The largest absolute Gasteiger partial charge is 0.279 e. The molecular formula is C30H26N4O3S2. The first-order valence-electron chi connectivity index (χ1n) is 12.7. The summed E-state index contributed by atoms with van der Waals surface area (Å²) in [6, 6.07) is 23.5. The van der Waals surface area contributed by atoms with Crippen molar-refractivity contribution in [1.29, 1.82) is 0 Å². The Bertz CT molecular complexity index is 1770. The van der Waals surface area contributed by atoms with Crippen molar-refractivity contribution < 1.29 is 13.2 Å². The average molecular weight is 555 g/mol. The summed E-state index contributed by atoms with van der Waals surface area (Å²) in [6.45, 7) is 2.71. The van der Waals surface area contributed by atoms with E-state index in [2.05, 4.69) is 4.98 Å². The third-order valence-corrected chi connectivity index (χ3v) is 9.78. The molecule has 196 valence electrons. The van der Waals surface area contributed by atoms with Crippen molar-refractivity contribution in [3.8, 4) is 0 Å². The first-order valence-corrected chi connectivity index (χ1v) is 14.9. The first-order chi connectivity index (χ1) is 18.9. The van der Waals surface area contributed by atoms with E-state index in [0.717, 1.165) is 45.4 Å². The second-order valence-electron chi connectivity index (χ2n) is 9.50. The van der Waals surface area contributed by atoms with Crippen LogP contribution in [0.1, 0.15) is 33.5 Å². The fourth-order valence-corrected chi connectivity index (χ4v) is 7.47. The highest BCUT2D eigenvalue weighted by atomic mass is 32.2. The molecule has 39 heavy (non-hydrogen) atoms. The van der Waals surface area contributed by atoms with Crippen LogP contribution >= 0.6 is 11.3 Å². The SMILES string of the molecule is Cc1cccc2sc(N(Cc3cccnc3)C(=O)c3ccc(S(=O)(=O)N4CCCc5ccccc54)cc3)nc12. The minimum Gasteiger partial charge on any atom is -0.279 e. The lowest BCUT2D eigenvalue weighted by Crippen LogP contribution is -2.35. The standard InChI is InChI=1S/C30H26N4O3S2/c1-21-7-4-12-27-28(21)32-30(38-27)33(20-22-8-5-17-31-19-22)29(35)24-13-15-25(16-14-24)39(36,37)34-18-6-10-23-9-2-3-11-26(23)34/h2-5,7-9,11-17,19H,6,10,18,20H2,1H3. The van der Waals surface area contributed by atoms with Crippen LogP contribution in [0.5, 0.6) is 0 Å². The van der Waals surface area contributed by atoms with E-state index in [0.29, 0.717) is 17.2 Å². The van der Waals surface area contributed by atoms with Gasteiger partial charge in [0.1, 0.15) is 0 Å². The summed E-state index contributed by atoms with van der Waals surface area (Å²) < 4.78 is 29.6. The van der Waals surface area contributed by atoms with Crippen LogP contribution in [-0.4, -0.2) is 30.8 Å². The van der Waals surface area contributed by atoms with Crippen molar-refractivity contribution in [1.82, 2.24) is 9.97 Å². The van der Waals surface area contributed by atoms with Crippen LogP contribution in [0.3, 0.4) is 0 Å². The highest BCUT2D eigenvalue weighted by Crippen LogP contribution is 2.34. The van der Waals surface area contributed by atoms with E-state index in [4.69, 9.17) is 4.98 Å². The first kappa shape index (κ1) is 25.2. The highest BCUT2D eigenvalue weighted by Gasteiger charge is 2.29. The second kappa shape index (κ2) is 10.2. The molecule has 7 nitrogen and oxygen atoms in total. The van der Waals surface area contributed by atoms with Crippen LogP contribution in [0.4, 0.5) is 10.8 Å². The van der Waals surface area contributed by atoms with Gasteiger partial charge in [-0.1, -0.05) is 47.7 Å². The molecule has 0 fully saturated rings. The number of para-hydroxylation sites is 2.